The maximum Gasteiger partial charge on any atom is 0.495 e. The van der Waals surface area contributed by atoms with Crippen molar-refractivity contribution in [2.24, 2.45) is 0 Å². The van der Waals surface area contributed by atoms with Gasteiger partial charge in [0, 0.05) is 76.5 Å². The van der Waals surface area contributed by atoms with Crippen LogP contribution < -0.4 is 83.5 Å². The Kier molecular flexibility index (Phi) is 49.3. The van der Waals surface area contributed by atoms with Gasteiger partial charge in [0.2, 0.25) is 17.6 Å². The third kappa shape index (κ3) is 34.5. The average Bonchev–Trinajstić information content (AvgIpc) is 0.775. The molecule has 9 aromatic carbocycles. The Hall–Kier alpha value is -12.9. The van der Waals surface area contributed by atoms with Crippen molar-refractivity contribution in [2.75, 3.05) is 105 Å². The first-order chi connectivity index (χ1) is 66.1. The molecule has 12 aromatic rings. The third-order valence-corrected chi connectivity index (χ3v) is 24.9. The molecule has 3 unspecified atom stereocenters. The molecule has 0 saturated carbocycles. The summed E-state index contributed by atoms with van der Waals surface area (Å²) < 4.78 is 76.2. The van der Waals surface area contributed by atoms with Crippen LogP contribution in [0.5, 0.6) is 70.2 Å². The van der Waals surface area contributed by atoms with Crippen LogP contribution in [0, 0.1) is 0 Å². The van der Waals surface area contributed by atoms with Gasteiger partial charge in [0.1, 0.15) is 27.1 Å². The normalized spacial score (nSPS) is 13.3. The van der Waals surface area contributed by atoms with Crippen LogP contribution in [-0.4, -0.2) is 207 Å². The fourth-order valence-electron chi connectivity index (χ4n) is 15.4. The van der Waals surface area contributed by atoms with Gasteiger partial charge in [0.05, 0.1) is 122 Å². The number of carbonyl (C=O) groups is 4. The molecule has 0 saturated heterocycles. The van der Waals surface area contributed by atoms with Crippen LogP contribution in [0.4, 0.5) is 9.59 Å². The second-order valence-electron chi connectivity index (χ2n) is 33.3. The Balaban J connectivity index is 0.000000314. The van der Waals surface area contributed by atoms with Crippen molar-refractivity contribution in [1.29, 1.82) is 0 Å². The van der Waals surface area contributed by atoms with Crippen molar-refractivity contribution in [3.05, 3.63) is 273 Å². The molecule has 3 aliphatic heterocycles. The van der Waals surface area contributed by atoms with E-state index in [0.717, 1.165) is 106 Å². The Bertz CT molecular complexity index is 5840. The van der Waals surface area contributed by atoms with Crippen LogP contribution in [0.3, 0.4) is 0 Å². The molecule has 0 fully saturated rings. The predicted molar refractivity (Wildman–Crippen MR) is 557 cm³/mol. The summed E-state index contributed by atoms with van der Waals surface area (Å²) in [6, 6.07) is 69.9. The first kappa shape index (κ1) is 120. The Morgan fingerprint density at radius 2 is 0.718 bits per heavy atom. The summed E-state index contributed by atoms with van der Waals surface area (Å²) in [5.74, 6) is 3.56. The second-order valence-corrected chi connectivity index (χ2v) is 36.6. The van der Waals surface area contributed by atoms with Crippen LogP contribution in [0.25, 0.3) is 22.3 Å². The van der Waals surface area contributed by atoms with E-state index in [2.05, 4.69) is 191 Å². The van der Waals surface area contributed by atoms with Crippen molar-refractivity contribution in [2.45, 2.75) is 138 Å². The number of hydrogen-bond donors (Lipinski definition) is 5. The fraction of sp³-hybridized carbons (Fsp3) is 0.340. The number of carboxylic acids is 2. The number of nitrogens with one attached hydrogen (secondary N) is 1. The van der Waals surface area contributed by atoms with E-state index < -0.39 is 38.2 Å². The molecule has 15 rings (SSSR count). The van der Waals surface area contributed by atoms with Crippen LogP contribution in [-0.2, 0) is 78.0 Å². The van der Waals surface area contributed by atoms with Gasteiger partial charge in [-0.3, -0.25) is 9.59 Å². The SMILES string of the molecule is C.C.CC(=O)O.CC(=O)O.COc1cc2c(cc1OC)C(Cc1ccc(Br)cc1)N(C(=O)OC(C)(C)C)CC2.COc1ncc(-c2ccc(CC3NCCc4cc(OC)c(OC)cc43)cc2)c(OC)n1.COc1ncc(-c2ccc(CC3c4cc(OC)c(OC)cc4CCN3C(=O)OC(C)(C)C)cc2)c(OC)n1.COc1ncc(B(O)O)c(OC)n1.Cl.[Pd].c1ccc([PH+](c2ccccc2)c2ccccc2)cc1. The average molecular weight is 2150 g/mol. The molecule has 36 heteroatoms. The van der Waals surface area contributed by atoms with Gasteiger partial charge in [-0.2, -0.15) is 15.0 Å². The number of nitrogens with zero attached hydrogens (tertiary/aromatic N) is 8. The third-order valence-electron chi connectivity index (χ3n) is 21.6. The topological polar surface area (TPSA) is 374 Å². The molecule has 3 aromatic heterocycles. The van der Waals surface area contributed by atoms with Crippen molar-refractivity contribution in [3.8, 4) is 92.4 Å². The molecule has 0 spiro atoms. The van der Waals surface area contributed by atoms with E-state index in [9.17, 15) is 9.59 Å². The van der Waals surface area contributed by atoms with Crippen LogP contribution in [0.1, 0.15) is 138 Å². The number of fused-ring (bicyclic) bond motifs is 3. The summed E-state index contributed by atoms with van der Waals surface area (Å²) >= 11 is 3.48. The quantitative estimate of drug-likeness (QED) is 0.0277. The molecule has 3 atom stereocenters. The minimum absolute atomic E-state index is 0. The molecule has 6 heterocycles. The fourth-order valence-corrected chi connectivity index (χ4v) is 18.2. The smallest absolute Gasteiger partial charge is 0.493 e. The van der Waals surface area contributed by atoms with Crippen LogP contribution >= 0.6 is 36.3 Å². The van der Waals surface area contributed by atoms with Crippen molar-refractivity contribution >= 4 is 88.9 Å². The van der Waals surface area contributed by atoms with Gasteiger partial charge in [0.15, 0.2) is 34.5 Å². The molecule has 764 valence electrons. The zero-order valence-corrected chi connectivity index (χ0v) is 87.2. The predicted octanol–water partition coefficient (Wildman–Crippen LogP) is 17.6. The number of benzene rings is 9. The molecule has 5 N–H and O–H groups in total. The van der Waals surface area contributed by atoms with E-state index >= 15 is 0 Å². The van der Waals surface area contributed by atoms with E-state index in [1.165, 1.54) is 72.8 Å². The summed E-state index contributed by atoms with van der Waals surface area (Å²) in [4.78, 5) is 72.3. The zero-order chi connectivity index (χ0) is 100. The number of carboxylic acid groups (broad SMARTS) is 2. The Morgan fingerprint density at radius 1 is 0.415 bits per heavy atom. The molecule has 0 bridgehead atoms. The van der Waals surface area contributed by atoms with E-state index in [4.69, 9.17) is 96.2 Å². The molecular weight excluding hydrogens is 2010 g/mol. The maximum atomic E-state index is 13.3. The van der Waals surface area contributed by atoms with Gasteiger partial charge >= 0.3 is 37.3 Å². The van der Waals surface area contributed by atoms with Gasteiger partial charge < -0.3 is 102 Å². The van der Waals surface area contributed by atoms with Gasteiger partial charge in [-0.05, 0) is 233 Å². The number of halogens is 2. The molecule has 0 radical (unpaired) electrons. The number of ether oxygens (including phenoxy) is 14. The molecular formula is C106H132BBrClN9O22PPd+. The summed E-state index contributed by atoms with van der Waals surface area (Å²) in [6.07, 6.45) is 8.58. The summed E-state index contributed by atoms with van der Waals surface area (Å²) in [7, 11) is 16.3. The monoisotopic (exact) mass is 2140 g/mol. The minimum Gasteiger partial charge on any atom is -0.493 e. The number of aromatic nitrogens is 6. The summed E-state index contributed by atoms with van der Waals surface area (Å²) in [5.41, 5.74) is 12.8. The van der Waals surface area contributed by atoms with E-state index in [1.54, 1.807) is 69.3 Å². The Morgan fingerprint density at radius 3 is 1.04 bits per heavy atom. The first-order valence-corrected chi connectivity index (χ1v) is 46.5. The number of rotatable bonds is 24. The van der Waals surface area contributed by atoms with E-state index in [1.807, 2.05) is 112 Å². The molecule has 0 aliphatic carbocycles. The first-order valence-electron chi connectivity index (χ1n) is 44.2. The van der Waals surface area contributed by atoms with Crippen LogP contribution in [0.2, 0.25) is 0 Å². The van der Waals surface area contributed by atoms with Crippen molar-refractivity contribution in [1.82, 2.24) is 45.0 Å². The second kappa shape index (κ2) is 58.5. The summed E-state index contributed by atoms with van der Waals surface area (Å²) in [5, 5.41) is 40.5. The van der Waals surface area contributed by atoms with Gasteiger partial charge in [-0.15, -0.1) is 12.4 Å². The molecule has 2 amide bonds. The largest absolute Gasteiger partial charge is 0.495 e. The minimum atomic E-state index is -1.65. The Labute approximate surface area is 863 Å². The maximum absolute atomic E-state index is 13.3. The number of hydrogen-bond acceptors (Lipinski definition) is 27. The van der Waals surface area contributed by atoms with Gasteiger partial charge in [-0.25, -0.2) is 24.5 Å². The van der Waals surface area contributed by atoms with Crippen LogP contribution in [0.15, 0.2) is 223 Å². The molecule has 142 heavy (non-hydrogen) atoms. The van der Waals surface area contributed by atoms with E-state index in [-0.39, 0.29) is 107 Å². The zero-order valence-electron chi connectivity index (χ0n) is 82.3. The van der Waals surface area contributed by atoms with E-state index in [0.29, 0.717) is 67.1 Å². The van der Waals surface area contributed by atoms with Gasteiger partial charge in [-0.1, -0.05) is 146 Å². The van der Waals surface area contributed by atoms with Crippen molar-refractivity contribution < 1.29 is 126 Å². The molecule has 31 nitrogen and oxygen atoms in total. The number of aliphatic carboxylic acids is 2. The molecule has 3 aliphatic rings. The van der Waals surface area contributed by atoms with Crippen molar-refractivity contribution in [3.63, 3.8) is 0 Å². The standard InChI is InChI=1S/C29H35N3O6.C24H27N3O4.C23H28BrNO4.C18H15P.C6H9BN2O4.2C2H4O2.2CH4.ClH.Pd/c1-29(2,3)38-28(33)32-13-12-20-15-24(34-4)25(35-5)16-21(20)23(32)14-18-8-10-19(11-9-18)22-17-30-27(37-7)31-26(22)36-6;1-28-21-12-17-9-10-25-20(18(17)13-22(21)29-2)11-15-5-7-16(8-6-15)19-14-26-24(31-4)27-23(19)30-3;1-23(2,3)29-22(26)25-11-10-16-13-20(27-4)21(28-5)14-18(16)19(25)12-15-6-8-17(24)9-7-15;1-4-10-16(11-5-1)19(17-12-6-2-7-13-17)18-14-8-3-9-15-18;1-12-5-4(7(10)11)3-8-6(9-5)13-2;2*1-2(3)4;;;;/h8-11,15-17,23H,12-14H2,1-7H3;5-8,12-14,20,25H,9-11H2,1-4H3;6-9,13-14,19H,10-12H2,1-5H3;1-15H;3,10-11H,1-2H3;2*1H3,(H,3,4);2*1H4;1H;/p+1. The number of methoxy groups -OCH3 is 12. The summed E-state index contributed by atoms with van der Waals surface area (Å²) in [6.45, 7) is 15.5. The van der Waals surface area contributed by atoms with Gasteiger partial charge in [0.25, 0.3) is 11.9 Å². The number of carbonyl (C=O) groups excluding carboxylic acids is 2. The number of amides is 2.